The van der Waals surface area contributed by atoms with Crippen molar-refractivity contribution in [1.29, 1.82) is 0 Å². The zero-order chi connectivity index (χ0) is 14.1. The molecule has 0 atom stereocenters. The minimum Gasteiger partial charge on any atom is -0.481 e. The Balaban J connectivity index is 2.10. The van der Waals surface area contributed by atoms with Crippen molar-refractivity contribution in [3.8, 4) is 5.88 Å². The third-order valence-corrected chi connectivity index (χ3v) is 3.30. The van der Waals surface area contributed by atoms with Crippen LogP contribution in [0.2, 0.25) is 0 Å². The van der Waals surface area contributed by atoms with Gasteiger partial charge in [0.05, 0.1) is 25.2 Å². The van der Waals surface area contributed by atoms with E-state index in [-0.39, 0.29) is 0 Å². The molecule has 0 aromatic carbocycles. The number of hydrogen-bond acceptors (Lipinski definition) is 4. The van der Waals surface area contributed by atoms with Crippen molar-refractivity contribution >= 4 is 22.8 Å². The van der Waals surface area contributed by atoms with Gasteiger partial charge in [-0.3, -0.25) is 4.68 Å². The summed E-state index contributed by atoms with van der Waals surface area (Å²) in [6.45, 7) is 0.583. The number of ether oxygens (including phenoxy) is 1. The minimum absolute atomic E-state index is 0.325. The molecule has 3 rings (SSSR count). The Morgan fingerprint density at radius 3 is 2.75 bits per heavy atom. The number of nitrogens with zero attached hydrogens (tertiary/aromatic N) is 5. The van der Waals surface area contributed by atoms with E-state index in [4.69, 9.17) is 16.3 Å². The van der Waals surface area contributed by atoms with Gasteiger partial charge < -0.3 is 9.30 Å². The predicted octanol–water partition coefficient (Wildman–Crippen LogP) is 1.96. The lowest BCUT2D eigenvalue weighted by Gasteiger charge is -2.05. The first-order valence-electron chi connectivity index (χ1n) is 6.16. The van der Waals surface area contributed by atoms with Crippen LogP contribution in [0, 0.1) is 0 Å². The van der Waals surface area contributed by atoms with Gasteiger partial charge in [-0.1, -0.05) is 0 Å². The number of halogens is 1. The second-order valence-corrected chi connectivity index (χ2v) is 4.69. The van der Waals surface area contributed by atoms with Gasteiger partial charge in [0.1, 0.15) is 11.3 Å². The molecule has 3 aromatic heterocycles. The Morgan fingerprint density at radius 2 is 2.10 bits per heavy atom. The molecule has 7 heteroatoms. The molecule has 0 aliphatic carbocycles. The third kappa shape index (κ3) is 2.22. The lowest BCUT2D eigenvalue weighted by atomic mass is 10.4. The van der Waals surface area contributed by atoms with Crippen molar-refractivity contribution < 1.29 is 4.74 Å². The van der Waals surface area contributed by atoms with Crippen molar-refractivity contribution in [2.45, 2.75) is 12.4 Å². The summed E-state index contributed by atoms with van der Waals surface area (Å²) in [5, 5.41) is 4.38. The van der Waals surface area contributed by atoms with Gasteiger partial charge in [-0.05, 0) is 12.1 Å². The predicted molar refractivity (Wildman–Crippen MR) is 75.9 cm³/mol. The smallest absolute Gasteiger partial charge is 0.215 e. The molecule has 0 saturated heterocycles. The third-order valence-electron chi connectivity index (χ3n) is 3.06. The molecule has 0 bridgehead atoms. The molecule has 0 aliphatic heterocycles. The lowest BCUT2D eigenvalue weighted by molar-refractivity contribution is 0.399. The van der Waals surface area contributed by atoms with Gasteiger partial charge >= 0.3 is 0 Å². The number of aromatic nitrogens is 5. The summed E-state index contributed by atoms with van der Waals surface area (Å²) >= 11 is 5.98. The minimum atomic E-state index is 0.325. The van der Waals surface area contributed by atoms with Gasteiger partial charge in [0.15, 0.2) is 5.65 Å². The summed E-state index contributed by atoms with van der Waals surface area (Å²) < 4.78 is 8.90. The highest BCUT2D eigenvalue weighted by Crippen LogP contribution is 2.20. The maximum Gasteiger partial charge on any atom is 0.215 e. The molecule has 0 saturated carbocycles. The number of pyridine rings is 1. The number of hydrogen-bond donors (Lipinski definition) is 0. The Labute approximate surface area is 121 Å². The van der Waals surface area contributed by atoms with Crippen LogP contribution >= 0.6 is 11.6 Å². The van der Waals surface area contributed by atoms with Gasteiger partial charge in [0.25, 0.3) is 0 Å². The van der Waals surface area contributed by atoms with Crippen LogP contribution < -0.4 is 4.74 Å². The van der Waals surface area contributed by atoms with Crippen molar-refractivity contribution in [1.82, 2.24) is 24.3 Å². The van der Waals surface area contributed by atoms with Gasteiger partial charge in [-0.15, -0.1) is 11.6 Å². The number of fused-ring (bicyclic) bond motifs is 1. The van der Waals surface area contributed by atoms with Crippen molar-refractivity contribution in [2.24, 2.45) is 7.05 Å². The van der Waals surface area contributed by atoms with Crippen LogP contribution in [0.15, 0.2) is 24.4 Å². The first-order chi connectivity index (χ1) is 9.71. The van der Waals surface area contributed by atoms with Crippen molar-refractivity contribution in [3.05, 3.63) is 35.9 Å². The normalized spacial score (nSPS) is 11.2. The zero-order valence-corrected chi connectivity index (χ0v) is 12.0. The van der Waals surface area contributed by atoms with Crippen molar-refractivity contribution in [2.75, 3.05) is 7.11 Å². The molecule has 0 unspecified atom stereocenters. The first kappa shape index (κ1) is 12.9. The molecule has 3 heterocycles. The van der Waals surface area contributed by atoms with Crippen LogP contribution in [0.5, 0.6) is 5.88 Å². The van der Waals surface area contributed by atoms with E-state index in [0.717, 1.165) is 22.7 Å². The molecule has 20 heavy (non-hydrogen) atoms. The highest BCUT2D eigenvalue weighted by atomic mass is 35.5. The summed E-state index contributed by atoms with van der Waals surface area (Å²) in [6, 6.07) is 5.63. The van der Waals surface area contributed by atoms with Gasteiger partial charge in [-0.25, -0.2) is 4.98 Å². The van der Waals surface area contributed by atoms with Crippen LogP contribution in [0.3, 0.4) is 0 Å². The maximum absolute atomic E-state index is 5.98. The molecule has 0 amide bonds. The van der Waals surface area contributed by atoms with E-state index >= 15 is 0 Å². The standard InChI is InChI=1S/C13H14ClN5O/c1-18-6-5-9(17-18)8-19-11(7-14)15-10-3-4-12(20-2)16-13(10)19/h3-6H,7-8H2,1-2H3. The average molecular weight is 292 g/mol. The highest BCUT2D eigenvalue weighted by Gasteiger charge is 2.13. The SMILES string of the molecule is COc1ccc2nc(CCl)n(Cc3ccn(C)n3)c2n1. The second kappa shape index (κ2) is 5.13. The quantitative estimate of drug-likeness (QED) is 0.690. The molecule has 6 nitrogen and oxygen atoms in total. The average Bonchev–Trinajstić information content (AvgIpc) is 3.03. The number of alkyl halides is 1. The zero-order valence-electron chi connectivity index (χ0n) is 11.2. The fraction of sp³-hybridized carbons (Fsp3) is 0.308. The van der Waals surface area contributed by atoms with E-state index in [1.54, 1.807) is 17.9 Å². The van der Waals surface area contributed by atoms with E-state index in [0.29, 0.717) is 18.3 Å². The van der Waals surface area contributed by atoms with E-state index in [1.165, 1.54) is 0 Å². The number of imidazole rings is 1. The summed E-state index contributed by atoms with van der Waals surface area (Å²) in [5.74, 6) is 1.65. The largest absolute Gasteiger partial charge is 0.481 e. The molecule has 104 valence electrons. The van der Waals surface area contributed by atoms with Crippen LogP contribution in [0.25, 0.3) is 11.2 Å². The monoisotopic (exact) mass is 291 g/mol. The molecule has 0 fully saturated rings. The van der Waals surface area contributed by atoms with Gasteiger partial charge in [-0.2, -0.15) is 10.1 Å². The Kier molecular flexibility index (Phi) is 3.31. The molecule has 0 aliphatic rings. The summed E-state index contributed by atoms with van der Waals surface area (Å²) in [5.41, 5.74) is 2.49. The molecular formula is C13H14ClN5O. The van der Waals surface area contributed by atoms with Crippen LogP contribution in [-0.4, -0.2) is 31.4 Å². The van der Waals surface area contributed by atoms with E-state index in [9.17, 15) is 0 Å². The Hall–Kier alpha value is -2.08. The molecule has 0 spiro atoms. The van der Waals surface area contributed by atoms with Gasteiger partial charge in [0, 0.05) is 19.3 Å². The number of methoxy groups -OCH3 is 1. The van der Waals surface area contributed by atoms with Crippen LogP contribution in [0.1, 0.15) is 11.5 Å². The fourth-order valence-corrected chi connectivity index (χ4v) is 2.33. The first-order valence-corrected chi connectivity index (χ1v) is 6.69. The molecule has 0 radical (unpaired) electrons. The van der Waals surface area contributed by atoms with E-state index in [1.807, 2.05) is 29.9 Å². The van der Waals surface area contributed by atoms with E-state index in [2.05, 4.69) is 15.1 Å². The fourth-order valence-electron chi connectivity index (χ4n) is 2.12. The number of rotatable bonds is 4. The highest BCUT2D eigenvalue weighted by molar-refractivity contribution is 6.16. The second-order valence-electron chi connectivity index (χ2n) is 4.42. The van der Waals surface area contributed by atoms with E-state index < -0.39 is 0 Å². The van der Waals surface area contributed by atoms with Crippen LogP contribution in [0.4, 0.5) is 0 Å². The Morgan fingerprint density at radius 1 is 1.25 bits per heavy atom. The topological polar surface area (TPSA) is 57.8 Å². The van der Waals surface area contributed by atoms with Gasteiger partial charge in [0.2, 0.25) is 5.88 Å². The van der Waals surface area contributed by atoms with Crippen LogP contribution in [-0.2, 0) is 19.5 Å². The summed E-state index contributed by atoms with van der Waals surface area (Å²) in [6.07, 6.45) is 1.91. The molecule has 3 aromatic rings. The summed E-state index contributed by atoms with van der Waals surface area (Å²) in [7, 11) is 3.48. The number of aryl methyl sites for hydroxylation is 1. The van der Waals surface area contributed by atoms with Crippen molar-refractivity contribution in [3.63, 3.8) is 0 Å². The molecular weight excluding hydrogens is 278 g/mol. The Bertz CT molecular complexity index is 748. The molecule has 0 N–H and O–H groups in total. The lowest BCUT2D eigenvalue weighted by Crippen LogP contribution is -2.06. The summed E-state index contributed by atoms with van der Waals surface area (Å²) in [4.78, 5) is 8.94. The maximum atomic E-state index is 5.98.